The highest BCUT2D eigenvalue weighted by molar-refractivity contribution is 6.08. The third kappa shape index (κ3) is 4.88. The van der Waals surface area contributed by atoms with Gasteiger partial charge in [-0.15, -0.1) is 0 Å². The lowest BCUT2D eigenvalue weighted by Crippen LogP contribution is -2.43. The number of nitrogens with one attached hydrogen (secondary N) is 1. The summed E-state index contributed by atoms with van der Waals surface area (Å²) in [6.45, 7) is 0. The standard InChI is InChI=1S/C62H40N2O/c1-3-18-39(19-4-1)56-31-17-32-57(40-20-5-2-6-21-40)64-60(63-56)41-34-35-50-45(36-41)46-38-59-47(44-24-9-16-33-58(44)65-59)37-55(46)62(50)53-29-14-12-27-51(53)61(52-28-13-15-30-54(52)62)48-25-10-7-22-42(48)43-23-8-11-26-49(43)61/h1-30,33-38,60,64H,31H2/b63-56+. The van der Waals surface area contributed by atoms with Crippen molar-refractivity contribution in [2.75, 3.05) is 0 Å². The van der Waals surface area contributed by atoms with Crippen LogP contribution in [0, 0.1) is 0 Å². The zero-order valence-corrected chi connectivity index (χ0v) is 35.4. The fourth-order valence-corrected chi connectivity index (χ4v) is 12.1. The minimum Gasteiger partial charge on any atom is -0.456 e. The first-order valence-corrected chi connectivity index (χ1v) is 22.6. The number of nitrogens with zero attached hydrogens (tertiary/aromatic N) is 1. The molecule has 0 amide bonds. The van der Waals surface area contributed by atoms with E-state index in [-0.39, 0.29) is 6.17 Å². The third-order valence-electron chi connectivity index (χ3n) is 14.7. The molecule has 10 aromatic rings. The average molecular weight is 829 g/mol. The second-order valence-corrected chi connectivity index (χ2v) is 17.8. The highest BCUT2D eigenvalue weighted by atomic mass is 16.3. The van der Waals surface area contributed by atoms with Crippen LogP contribution in [0.2, 0.25) is 0 Å². The molecule has 1 unspecified atom stereocenters. The van der Waals surface area contributed by atoms with Crippen molar-refractivity contribution in [1.82, 2.24) is 5.32 Å². The molecule has 0 saturated heterocycles. The molecule has 1 atom stereocenters. The fourth-order valence-electron chi connectivity index (χ4n) is 12.1. The summed E-state index contributed by atoms with van der Waals surface area (Å²) in [7, 11) is 0. The van der Waals surface area contributed by atoms with Crippen LogP contribution in [0.5, 0.6) is 0 Å². The molecule has 1 N–H and O–H groups in total. The van der Waals surface area contributed by atoms with Crippen LogP contribution in [0.1, 0.15) is 73.8 Å². The maximum atomic E-state index is 6.72. The Kier molecular flexibility index (Phi) is 7.61. The van der Waals surface area contributed by atoms with Gasteiger partial charge in [-0.25, -0.2) is 0 Å². The second kappa shape index (κ2) is 13.6. The van der Waals surface area contributed by atoms with E-state index in [4.69, 9.17) is 9.41 Å². The van der Waals surface area contributed by atoms with E-state index in [0.717, 1.165) is 50.0 Å². The molecule has 0 bridgehead atoms. The van der Waals surface area contributed by atoms with Crippen molar-refractivity contribution in [1.29, 1.82) is 0 Å². The van der Waals surface area contributed by atoms with Gasteiger partial charge in [-0.2, -0.15) is 0 Å². The second-order valence-electron chi connectivity index (χ2n) is 17.8. The van der Waals surface area contributed by atoms with Gasteiger partial charge >= 0.3 is 0 Å². The molecule has 0 radical (unpaired) electrons. The van der Waals surface area contributed by atoms with Crippen LogP contribution in [0.25, 0.3) is 49.9 Å². The highest BCUT2D eigenvalue weighted by Gasteiger charge is 2.59. The topological polar surface area (TPSA) is 37.5 Å². The Hall–Kier alpha value is -8.23. The molecule has 14 rings (SSSR count). The number of fused-ring (bicyclic) bond motifs is 19. The van der Waals surface area contributed by atoms with Crippen molar-refractivity contribution in [3.05, 3.63) is 285 Å². The Morgan fingerprint density at radius 2 is 0.954 bits per heavy atom. The normalized spacial score (nSPS) is 17.4. The Morgan fingerprint density at radius 3 is 1.62 bits per heavy atom. The molecule has 304 valence electrons. The molecular formula is C62H40N2O. The summed E-state index contributed by atoms with van der Waals surface area (Å²) in [4.78, 5) is 5.57. The molecule has 0 saturated carbocycles. The Labute approximate surface area is 377 Å². The molecule has 65 heavy (non-hydrogen) atoms. The van der Waals surface area contributed by atoms with Gasteiger partial charge in [-0.1, -0.05) is 194 Å². The number of aliphatic imine (C=N–C) groups is 1. The van der Waals surface area contributed by atoms with Gasteiger partial charge in [0.05, 0.1) is 16.5 Å². The minimum absolute atomic E-state index is 0.387. The van der Waals surface area contributed by atoms with Crippen LogP contribution in [0.3, 0.4) is 0 Å². The van der Waals surface area contributed by atoms with Crippen molar-refractivity contribution in [2.24, 2.45) is 4.99 Å². The lowest BCUT2D eigenvalue weighted by molar-refractivity contribution is 0.631. The van der Waals surface area contributed by atoms with E-state index < -0.39 is 10.8 Å². The summed E-state index contributed by atoms with van der Waals surface area (Å²) < 4.78 is 6.72. The number of para-hydroxylation sites is 1. The summed E-state index contributed by atoms with van der Waals surface area (Å²) in [5.74, 6) is 0. The van der Waals surface area contributed by atoms with E-state index in [2.05, 4.69) is 229 Å². The molecule has 3 aliphatic carbocycles. The number of rotatable bonds is 3. The Morgan fingerprint density at radius 1 is 0.431 bits per heavy atom. The van der Waals surface area contributed by atoms with Gasteiger partial charge in [0.1, 0.15) is 17.3 Å². The number of benzene rings is 9. The van der Waals surface area contributed by atoms with Gasteiger partial charge < -0.3 is 9.73 Å². The molecule has 1 aliphatic heterocycles. The predicted octanol–water partition coefficient (Wildman–Crippen LogP) is 14.3. The molecule has 2 heterocycles. The lowest BCUT2D eigenvalue weighted by Gasteiger charge is -2.48. The molecular weight excluding hydrogens is 789 g/mol. The average Bonchev–Trinajstić information content (AvgIpc) is 3.97. The monoisotopic (exact) mass is 828 g/mol. The van der Waals surface area contributed by atoms with Gasteiger partial charge in [0.2, 0.25) is 0 Å². The van der Waals surface area contributed by atoms with Crippen LogP contribution >= 0.6 is 0 Å². The van der Waals surface area contributed by atoms with E-state index in [0.29, 0.717) is 6.42 Å². The van der Waals surface area contributed by atoms with Gasteiger partial charge in [0.25, 0.3) is 0 Å². The van der Waals surface area contributed by atoms with E-state index in [1.807, 2.05) is 0 Å². The minimum atomic E-state index is -0.647. The number of allylic oxidation sites excluding steroid dienone is 1. The van der Waals surface area contributed by atoms with Crippen LogP contribution < -0.4 is 5.32 Å². The molecule has 3 nitrogen and oxygen atoms in total. The fraction of sp³-hybridized carbons (Fsp3) is 0.0645. The lowest BCUT2D eigenvalue weighted by atomic mass is 9.52. The van der Waals surface area contributed by atoms with E-state index in [9.17, 15) is 0 Å². The molecule has 0 fully saturated rings. The smallest absolute Gasteiger partial charge is 0.145 e. The number of hydrogen-bond donors (Lipinski definition) is 1. The maximum absolute atomic E-state index is 6.72. The summed E-state index contributed by atoms with van der Waals surface area (Å²) >= 11 is 0. The van der Waals surface area contributed by atoms with Gasteiger partial charge in [0, 0.05) is 28.5 Å². The summed E-state index contributed by atoms with van der Waals surface area (Å²) in [6, 6.07) is 78.2. The molecule has 9 aromatic carbocycles. The first-order chi connectivity index (χ1) is 32.2. The highest BCUT2D eigenvalue weighted by Crippen LogP contribution is 2.67. The molecule has 3 heteroatoms. The van der Waals surface area contributed by atoms with E-state index in [1.54, 1.807) is 0 Å². The molecule has 1 aromatic heterocycles. The van der Waals surface area contributed by atoms with Crippen molar-refractivity contribution in [3.8, 4) is 22.3 Å². The van der Waals surface area contributed by atoms with Crippen molar-refractivity contribution >= 4 is 33.3 Å². The quantitative estimate of drug-likeness (QED) is 0.180. The van der Waals surface area contributed by atoms with Crippen LogP contribution in [-0.2, 0) is 10.8 Å². The third-order valence-corrected chi connectivity index (χ3v) is 14.7. The van der Waals surface area contributed by atoms with Gasteiger partial charge in [-0.3, -0.25) is 4.99 Å². The maximum Gasteiger partial charge on any atom is 0.145 e. The number of hydrogen-bond acceptors (Lipinski definition) is 3. The van der Waals surface area contributed by atoms with Crippen LogP contribution in [-0.4, -0.2) is 5.71 Å². The molecule has 2 spiro atoms. The summed E-state index contributed by atoms with van der Waals surface area (Å²) in [6.07, 6.45) is 2.38. The Bertz CT molecular complexity index is 3620. The van der Waals surface area contributed by atoms with Crippen LogP contribution in [0.15, 0.2) is 234 Å². The first kappa shape index (κ1) is 36.3. The Balaban J connectivity index is 1.07. The summed E-state index contributed by atoms with van der Waals surface area (Å²) in [5.41, 5.74) is 24.9. The predicted molar refractivity (Wildman–Crippen MR) is 263 cm³/mol. The van der Waals surface area contributed by atoms with Crippen molar-refractivity contribution in [3.63, 3.8) is 0 Å². The number of furan rings is 1. The van der Waals surface area contributed by atoms with Crippen molar-refractivity contribution in [2.45, 2.75) is 23.4 Å². The zero-order chi connectivity index (χ0) is 42.7. The summed E-state index contributed by atoms with van der Waals surface area (Å²) in [5, 5.41) is 6.12. The largest absolute Gasteiger partial charge is 0.456 e. The van der Waals surface area contributed by atoms with Gasteiger partial charge in [-0.05, 0) is 108 Å². The SMILES string of the molecule is C1=CC/C(c2ccccc2)=N\C(c2ccc3c(c2)-c2cc4oc5ccccc5c4cc2C32c3ccccc3C3(c4ccccc4-c4ccccc43)c3ccccc32)NC=1c1ccccc1. The zero-order valence-electron chi connectivity index (χ0n) is 35.4. The van der Waals surface area contributed by atoms with E-state index in [1.165, 1.54) is 66.8 Å². The van der Waals surface area contributed by atoms with E-state index >= 15 is 0 Å². The van der Waals surface area contributed by atoms with Gasteiger partial charge in [0.15, 0.2) is 0 Å². The molecule has 4 aliphatic rings. The first-order valence-electron chi connectivity index (χ1n) is 22.6. The van der Waals surface area contributed by atoms with Crippen LogP contribution in [0.4, 0.5) is 0 Å². The van der Waals surface area contributed by atoms with Crippen molar-refractivity contribution < 1.29 is 4.42 Å².